The van der Waals surface area contributed by atoms with E-state index in [1.54, 1.807) is 28.4 Å². The second kappa shape index (κ2) is 8.66. The van der Waals surface area contributed by atoms with E-state index >= 15 is 0 Å². The van der Waals surface area contributed by atoms with Crippen LogP contribution in [0.4, 0.5) is 5.13 Å². The number of thiazole rings is 1. The molecular formula is C22H15ClN5O3S+. The number of hydrogen-bond donors (Lipinski definition) is 2. The third-order valence-electron chi connectivity index (χ3n) is 4.52. The van der Waals surface area contributed by atoms with Gasteiger partial charge in [0.05, 0.1) is 6.21 Å². The van der Waals surface area contributed by atoms with Crippen LogP contribution >= 0.6 is 22.9 Å². The van der Waals surface area contributed by atoms with Gasteiger partial charge in [0.15, 0.2) is 5.69 Å². The van der Waals surface area contributed by atoms with E-state index in [0.717, 1.165) is 11.3 Å². The fraction of sp³-hybridized carbons (Fsp3) is 0. The Morgan fingerprint density at radius 1 is 1.09 bits per heavy atom. The molecular weight excluding hydrogens is 450 g/mol. The third kappa shape index (κ3) is 4.11. The molecule has 0 radical (unpaired) electrons. The van der Waals surface area contributed by atoms with Gasteiger partial charge >= 0.3 is 11.3 Å². The predicted octanol–water partition coefficient (Wildman–Crippen LogP) is 4.73. The summed E-state index contributed by atoms with van der Waals surface area (Å²) in [5.74, 6) is 1.29. The lowest BCUT2D eigenvalue weighted by Crippen LogP contribution is -2.36. The molecule has 8 nitrogen and oxygen atoms in total. The van der Waals surface area contributed by atoms with Crippen molar-refractivity contribution < 1.29 is 13.6 Å². The summed E-state index contributed by atoms with van der Waals surface area (Å²) < 4.78 is 12.3. The Balaban J connectivity index is 1.31. The second-order valence-electron chi connectivity index (χ2n) is 6.62. The third-order valence-corrected chi connectivity index (χ3v) is 5.51. The van der Waals surface area contributed by atoms with Crippen molar-refractivity contribution in [1.82, 2.24) is 10.3 Å². The topological polar surface area (TPSA) is 100 Å². The fourth-order valence-corrected chi connectivity index (χ4v) is 3.80. The maximum absolute atomic E-state index is 12.2. The number of rotatable bonds is 6. The molecule has 2 aromatic carbocycles. The lowest BCUT2D eigenvalue weighted by atomic mass is 10.2. The lowest BCUT2D eigenvalue weighted by molar-refractivity contribution is -0.660. The quantitative estimate of drug-likeness (QED) is 0.215. The summed E-state index contributed by atoms with van der Waals surface area (Å²) in [4.78, 5) is 16.7. The van der Waals surface area contributed by atoms with Crippen molar-refractivity contribution >= 4 is 34.3 Å². The molecule has 0 aliphatic carbocycles. The van der Waals surface area contributed by atoms with Gasteiger partial charge in [-0.2, -0.15) is 5.10 Å². The molecule has 0 saturated heterocycles. The number of hydrazone groups is 1. The number of anilines is 1. The van der Waals surface area contributed by atoms with Crippen LogP contribution in [0.25, 0.3) is 28.4 Å². The minimum Gasteiger partial charge on any atom is -0.455 e. The first kappa shape index (κ1) is 20.0. The molecule has 0 atom stereocenters. The highest BCUT2D eigenvalue weighted by Gasteiger charge is 2.27. The average Bonchev–Trinajstić information content (AvgIpc) is 3.55. The first-order chi connectivity index (χ1) is 15.7. The molecule has 0 aliphatic rings. The number of H-pyrrole nitrogens is 1. The molecule has 10 heteroatoms. The first-order valence-corrected chi connectivity index (χ1v) is 10.7. The standard InChI is InChI=1S/C22H14ClN5O3S/c23-15-8-6-14(7-9-15)19-11-10-17(30-19)12-24-26-22-25-18(13-32-22)20-21(29)31-27-28(20)16-4-2-1-3-5-16/h1-13H,(H-,25,26,27,29)/p+1/b24-12+. The second-order valence-corrected chi connectivity index (χ2v) is 7.91. The average molecular weight is 465 g/mol. The zero-order valence-electron chi connectivity index (χ0n) is 16.4. The molecule has 5 rings (SSSR count). The Labute approximate surface area is 190 Å². The van der Waals surface area contributed by atoms with E-state index in [-0.39, 0.29) is 0 Å². The van der Waals surface area contributed by atoms with Gasteiger partial charge < -0.3 is 4.42 Å². The summed E-state index contributed by atoms with van der Waals surface area (Å²) in [6.07, 6.45) is 1.55. The van der Waals surface area contributed by atoms with E-state index in [9.17, 15) is 4.79 Å². The van der Waals surface area contributed by atoms with Gasteiger partial charge in [-0.3, -0.25) is 9.95 Å². The Kier molecular flexibility index (Phi) is 5.40. The van der Waals surface area contributed by atoms with Gasteiger partial charge in [-0.25, -0.2) is 9.78 Å². The monoisotopic (exact) mass is 464 g/mol. The van der Waals surface area contributed by atoms with Crippen molar-refractivity contribution in [3.8, 4) is 28.4 Å². The van der Waals surface area contributed by atoms with Crippen LogP contribution in [0.15, 0.2) is 90.9 Å². The van der Waals surface area contributed by atoms with Crippen LogP contribution in [0.1, 0.15) is 5.76 Å². The summed E-state index contributed by atoms with van der Waals surface area (Å²) in [6, 6.07) is 20.4. The summed E-state index contributed by atoms with van der Waals surface area (Å²) in [5.41, 5.74) is 4.78. The molecule has 0 fully saturated rings. The van der Waals surface area contributed by atoms with Crippen molar-refractivity contribution in [1.29, 1.82) is 0 Å². The summed E-state index contributed by atoms with van der Waals surface area (Å²) in [7, 11) is 0. The zero-order chi connectivity index (χ0) is 21.9. The molecule has 32 heavy (non-hydrogen) atoms. The van der Waals surface area contributed by atoms with Crippen molar-refractivity contribution in [2.24, 2.45) is 5.10 Å². The number of hydrogen-bond acceptors (Lipinski definition) is 7. The Morgan fingerprint density at radius 3 is 2.72 bits per heavy atom. The molecule has 0 amide bonds. The zero-order valence-corrected chi connectivity index (χ0v) is 17.9. The van der Waals surface area contributed by atoms with E-state index < -0.39 is 5.63 Å². The molecule has 0 saturated carbocycles. The number of furan rings is 1. The van der Waals surface area contributed by atoms with Crippen LogP contribution in [0.2, 0.25) is 5.02 Å². The number of benzene rings is 2. The van der Waals surface area contributed by atoms with Gasteiger partial charge in [-0.1, -0.05) is 29.8 Å². The Morgan fingerprint density at radius 2 is 1.91 bits per heavy atom. The molecule has 0 unspecified atom stereocenters. The SMILES string of the molecule is O=c1o[nH][n+](-c2ccccc2)c1-c1csc(N/N=C/c2ccc(-c3ccc(Cl)cc3)o2)n1. The van der Waals surface area contributed by atoms with Gasteiger partial charge in [0, 0.05) is 28.1 Å². The van der Waals surface area contributed by atoms with Crippen LogP contribution < -0.4 is 15.7 Å². The minimum absolute atomic E-state index is 0.295. The molecule has 0 aliphatic heterocycles. The molecule has 158 valence electrons. The summed E-state index contributed by atoms with van der Waals surface area (Å²) in [5, 5.41) is 9.71. The molecule has 0 bridgehead atoms. The highest BCUT2D eigenvalue weighted by Crippen LogP contribution is 2.24. The van der Waals surface area contributed by atoms with Crippen molar-refractivity contribution in [3.63, 3.8) is 0 Å². The Bertz CT molecular complexity index is 1430. The number of aromatic nitrogens is 3. The van der Waals surface area contributed by atoms with Gasteiger partial charge in [0.2, 0.25) is 10.8 Å². The van der Waals surface area contributed by atoms with Gasteiger partial charge in [-0.05, 0) is 46.4 Å². The van der Waals surface area contributed by atoms with Crippen molar-refractivity contribution in [3.05, 3.63) is 93.3 Å². The smallest absolute Gasteiger partial charge is 0.437 e. The number of halogens is 1. The fourth-order valence-electron chi connectivity index (χ4n) is 3.03. The summed E-state index contributed by atoms with van der Waals surface area (Å²) >= 11 is 7.24. The lowest BCUT2D eigenvalue weighted by Gasteiger charge is -1.96. The maximum Gasteiger partial charge on any atom is 0.437 e. The highest BCUT2D eigenvalue weighted by molar-refractivity contribution is 7.14. The maximum atomic E-state index is 12.2. The van der Waals surface area contributed by atoms with E-state index in [0.29, 0.717) is 33.1 Å². The van der Waals surface area contributed by atoms with Crippen LogP contribution in [0, 0.1) is 0 Å². The van der Waals surface area contributed by atoms with Gasteiger partial charge in [0.25, 0.3) is 0 Å². The van der Waals surface area contributed by atoms with Crippen LogP contribution in [0.5, 0.6) is 0 Å². The van der Waals surface area contributed by atoms with Crippen molar-refractivity contribution in [2.75, 3.05) is 5.43 Å². The van der Waals surface area contributed by atoms with E-state index in [1.165, 1.54) is 11.3 Å². The number of nitrogens with zero attached hydrogens (tertiary/aromatic N) is 3. The molecule has 3 heterocycles. The molecule has 2 N–H and O–H groups in total. The van der Waals surface area contributed by atoms with E-state index in [4.69, 9.17) is 20.5 Å². The number of aromatic amines is 1. The van der Waals surface area contributed by atoms with Crippen LogP contribution in [-0.2, 0) is 0 Å². The van der Waals surface area contributed by atoms with E-state index in [2.05, 4.69) is 20.8 Å². The first-order valence-electron chi connectivity index (χ1n) is 9.47. The minimum atomic E-state index is -0.514. The predicted molar refractivity (Wildman–Crippen MR) is 122 cm³/mol. The highest BCUT2D eigenvalue weighted by atomic mass is 35.5. The summed E-state index contributed by atoms with van der Waals surface area (Å²) in [6.45, 7) is 0. The molecule has 3 aromatic heterocycles. The number of nitrogens with one attached hydrogen (secondary N) is 2. The molecule has 0 spiro atoms. The van der Waals surface area contributed by atoms with Crippen molar-refractivity contribution in [2.45, 2.75) is 0 Å². The van der Waals surface area contributed by atoms with Gasteiger partial charge in [0.1, 0.15) is 11.5 Å². The normalized spacial score (nSPS) is 11.3. The van der Waals surface area contributed by atoms with Crippen LogP contribution in [0.3, 0.4) is 0 Å². The van der Waals surface area contributed by atoms with Crippen LogP contribution in [-0.4, -0.2) is 16.5 Å². The number of para-hydroxylation sites is 1. The Hall–Kier alpha value is -3.95. The van der Waals surface area contributed by atoms with Gasteiger partial charge in [-0.15, -0.1) is 11.3 Å². The van der Waals surface area contributed by atoms with E-state index in [1.807, 2.05) is 54.6 Å². The molecule has 5 aromatic rings. The largest absolute Gasteiger partial charge is 0.455 e.